The number of piperidine rings is 1. The molecule has 3 aromatic heterocycles. The van der Waals surface area contributed by atoms with Crippen molar-refractivity contribution in [2.75, 3.05) is 18.4 Å². The molecule has 1 saturated heterocycles. The zero-order valence-corrected chi connectivity index (χ0v) is 21.8. The smallest absolute Gasteiger partial charge is 0.394 e. The molecule has 0 amide bonds. The number of hydrogen-bond acceptors (Lipinski definition) is 7. The van der Waals surface area contributed by atoms with Crippen molar-refractivity contribution >= 4 is 21.5 Å². The van der Waals surface area contributed by atoms with Gasteiger partial charge in [0, 0.05) is 62.6 Å². The number of nitrogens with zero attached hydrogens (tertiary/aromatic N) is 5. The van der Waals surface area contributed by atoms with Crippen molar-refractivity contribution in [2.24, 2.45) is 0 Å². The van der Waals surface area contributed by atoms with E-state index in [1.165, 1.54) is 22.5 Å². The summed E-state index contributed by atoms with van der Waals surface area (Å²) in [5, 5.41) is 7.85. The maximum atomic E-state index is 13.5. The summed E-state index contributed by atoms with van der Waals surface area (Å²) < 4.78 is 61.3. The Morgan fingerprint density at radius 3 is 2.79 bits per heavy atom. The molecule has 4 heterocycles. The molecule has 5 rings (SSSR count). The summed E-state index contributed by atoms with van der Waals surface area (Å²) in [6, 6.07) is 11.0. The first-order valence-corrected chi connectivity index (χ1v) is 13.7. The highest BCUT2D eigenvalue weighted by molar-refractivity contribution is 7.89. The molecule has 9 nitrogen and oxygen atoms in total. The molecule has 4 aromatic rings. The van der Waals surface area contributed by atoms with Crippen LogP contribution in [-0.4, -0.2) is 51.5 Å². The van der Waals surface area contributed by atoms with Gasteiger partial charge in [0.2, 0.25) is 10.0 Å². The monoisotopic (exact) mass is 542 g/mol. The van der Waals surface area contributed by atoms with Crippen molar-refractivity contribution in [3.63, 3.8) is 0 Å². The topological polar surface area (TPSA) is 102 Å². The summed E-state index contributed by atoms with van der Waals surface area (Å²) in [6.07, 6.45) is 3.22. The molecule has 1 atom stereocenters. The predicted octanol–water partition coefficient (Wildman–Crippen LogP) is 4.60. The van der Waals surface area contributed by atoms with Gasteiger partial charge < -0.3 is 10.1 Å². The number of nitrogens with one attached hydrogen (secondary N) is 1. The maximum absolute atomic E-state index is 13.5. The van der Waals surface area contributed by atoms with Gasteiger partial charge in [-0.1, -0.05) is 12.1 Å². The Kier molecular flexibility index (Phi) is 7.01. The van der Waals surface area contributed by atoms with Crippen LogP contribution in [0.3, 0.4) is 0 Å². The number of halogens is 2. The third kappa shape index (κ3) is 5.60. The van der Waals surface area contributed by atoms with Crippen LogP contribution in [0.4, 0.5) is 14.6 Å². The lowest BCUT2D eigenvalue weighted by molar-refractivity contribution is -0.159. The van der Waals surface area contributed by atoms with E-state index in [1.54, 1.807) is 23.1 Å². The van der Waals surface area contributed by atoms with Crippen LogP contribution >= 0.6 is 0 Å². The van der Waals surface area contributed by atoms with Crippen LogP contribution in [0, 0.1) is 6.92 Å². The largest absolute Gasteiger partial charge is 0.433 e. The molecule has 200 valence electrons. The Bertz CT molecular complexity index is 1540. The van der Waals surface area contributed by atoms with Crippen LogP contribution in [0.15, 0.2) is 66.0 Å². The molecule has 1 fully saturated rings. The van der Waals surface area contributed by atoms with Crippen molar-refractivity contribution in [1.82, 2.24) is 23.9 Å². The highest BCUT2D eigenvalue weighted by atomic mass is 32.2. The lowest BCUT2D eigenvalue weighted by Crippen LogP contribution is -2.39. The van der Waals surface area contributed by atoms with Crippen LogP contribution in [0.2, 0.25) is 0 Å². The van der Waals surface area contributed by atoms with Gasteiger partial charge in [0.25, 0.3) is 0 Å². The first kappa shape index (κ1) is 26.0. The van der Waals surface area contributed by atoms with E-state index in [-0.39, 0.29) is 23.1 Å². The molecule has 12 heteroatoms. The molecule has 0 aliphatic carbocycles. The number of rotatable bonds is 8. The molecule has 1 aliphatic rings. The summed E-state index contributed by atoms with van der Waals surface area (Å²) in [5.74, 6) is 0.378. The molecular weight excluding hydrogens is 514 g/mol. The molecular formula is C26H28F2N6O3S. The van der Waals surface area contributed by atoms with Gasteiger partial charge in [0.15, 0.2) is 5.65 Å². The average Bonchev–Trinajstić information content (AvgIpc) is 3.28. The quantitative estimate of drug-likeness (QED) is 0.347. The second-order valence-electron chi connectivity index (χ2n) is 9.43. The molecule has 38 heavy (non-hydrogen) atoms. The fourth-order valence-corrected chi connectivity index (χ4v) is 6.14. The number of hydrogen-bond donors (Lipinski definition) is 1. The fourth-order valence-electron chi connectivity index (χ4n) is 4.58. The summed E-state index contributed by atoms with van der Waals surface area (Å²) in [4.78, 5) is 8.90. The van der Waals surface area contributed by atoms with E-state index >= 15 is 0 Å². The zero-order chi connectivity index (χ0) is 26.9. The SMILES string of the molecule is Cc1cnn2c(NCc3cccnc3)cc(C3CCCN(S(=O)(=O)c4cccc(OC(C)(F)F)c4)C3)nc12. The van der Waals surface area contributed by atoms with Crippen molar-refractivity contribution in [1.29, 1.82) is 0 Å². The van der Waals surface area contributed by atoms with Crippen LogP contribution in [0.25, 0.3) is 5.65 Å². The van der Waals surface area contributed by atoms with Crippen LogP contribution in [0.1, 0.15) is 42.5 Å². The van der Waals surface area contributed by atoms with Gasteiger partial charge >= 0.3 is 6.11 Å². The van der Waals surface area contributed by atoms with Gasteiger partial charge in [-0.2, -0.15) is 22.7 Å². The molecule has 1 aliphatic heterocycles. The van der Waals surface area contributed by atoms with E-state index in [9.17, 15) is 17.2 Å². The predicted molar refractivity (Wildman–Crippen MR) is 138 cm³/mol. The van der Waals surface area contributed by atoms with E-state index in [4.69, 9.17) is 4.98 Å². The first-order valence-electron chi connectivity index (χ1n) is 12.3. The van der Waals surface area contributed by atoms with Gasteiger partial charge in [0.1, 0.15) is 11.6 Å². The van der Waals surface area contributed by atoms with E-state index in [2.05, 4.69) is 20.1 Å². The number of aromatic nitrogens is 4. The number of anilines is 1. The summed E-state index contributed by atoms with van der Waals surface area (Å²) in [5.41, 5.74) is 3.37. The van der Waals surface area contributed by atoms with Crippen molar-refractivity contribution in [3.8, 4) is 5.75 Å². The van der Waals surface area contributed by atoms with Crippen LogP contribution < -0.4 is 10.1 Å². The molecule has 1 aromatic carbocycles. The Balaban J connectivity index is 1.41. The van der Waals surface area contributed by atoms with Gasteiger partial charge in [-0.25, -0.2) is 13.4 Å². The van der Waals surface area contributed by atoms with Gasteiger partial charge in [-0.05, 0) is 43.5 Å². The Hall–Kier alpha value is -3.64. The van der Waals surface area contributed by atoms with Crippen LogP contribution in [-0.2, 0) is 16.6 Å². The van der Waals surface area contributed by atoms with Gasteiger partial charge in [0.05, 0.1) is 16.8 Å². The highest BCUT2D eigenvalue weighted by Crippen LogP contribution is 2.32. The standard InChI is InChI=1S/C26H28F2N6O3S/c1-18-14-31-34-24(30-16-19-6-4-10-29-15-19)13-23(32-25(18)34)20-7-5-11-33(17-20)38(35,36)22-9-3-8-21(12-22)37-26(2,27)28/h3-4,6,8-10,12-15,20,30H,5,7,11,16-17H2,1-2H3. The third-order valence-electron chi connectivity index (χ3n) is 6.41. The number of alkyl halides is 2. The Morgan fingerprint density at radius 2 is 2.03 bits per heavy atom. The first-order chi connectivity index (χ1) is 18.1. The maximum Gasteiger partial charge on any atom is 0.394 e. The van der Waals surface area contributed by atoms with Gasteiger partial charge in [-0.15, -0.1) is 0 Å². The van der Waals surface area contributed by atoms with E-state index < -0.39 is 16.1 Å². The number of benzene rings is 1. The zero-order valence-electron chi connectivity index (χ0n) is 21.0. The number of ether oxygens (including phenoxy) is 1. The minimum Gasteiger partial charge on any atom is -0.433 e. The van der Waals surface area contributed by atoms with Crippen LogP contribution in [0.5, 0.6) is 5.75 Å². The third-order valence-corrected chi connectivity index (χ3v) is 8.27. The average molecular weight is 543 g/mol. The second-order valence-corrected chi connectivity index (χ2v) is 11.4. The minimum absolute atomic E-state index is 0.0891. The summed E-state index contributed by atoms with van der Waals surface area (Å²) >= 11 is 0. The van der Waals surface area contributed by atoms with E-state index in [0.717, 1.165) is 35.1 Å². The molecule has 0 bridgehead atoms. The van der Waals surface area contributed by atoms with Crippen molar-refractivity contribution < 1.29 is 21.9 Å². The number of fused-ring (bicyclic) bond motifs is 1. The number of pyridine rings is 1. The van der Waals surface area contributed by atoms with Crippen molar-refractivity contribution in [3.05, 3.63) is 77.9 Å². The second kappa shape index (κ2) is 10.3. The lowest BCUT2D eigenvalue weighted by atomic mass is 9.96. The molecule has 0 radical (unpaired) electrons. The normalized spacial score (nSPS) is 17.0. The highest BCUT2D eigenvalue weighted by Gasteiger charge is 2.33. The lowest BCUT2D eigenvalue weighted by Gasteiger charge is -2.32. The van der Waals surface area contributed by atoms with E-state index in [0.29, 0.717) is 32.1 Å². The summed E-state index contributed by atoms with van der Waals surface area (Å²) in [6.45, 7) is 3.61. The summed E-state index contributed by atoms with van der Waals surface area (Å²) in [7, 11) is -3.94. The molecule has 1 unspecified atom stereocenters. The number of sulfonamides is 1. The molecule has 0 spiro atoms. The molecule has 0 saturated carbocycles. The number of aryl methyl sites for hydroxylation is 1. The fraction of sp³-hybridized carbons (Fsp3) is 0.346. The Labute approximate surface area is 219 Å². The minimum atomic E-state index is -3.94. The van der Waals surface area contributed by atoms with E-state index in [1.807, 2.05) is 25.1 Å². The van der Waals surface area contributed by atoms with Crippen molar-refractivity contribution in [2.45, 2.75) is 50.2 Å². The van der Waals surface area contributed by atoms with Gasteiger partial charge in [-0.3, -0.25) is 4.98 Å². The Morgan fingerprint density at radius 1 is 1.18 bits per heavy atom. The molecule has 1 N–H and O–H groups in total.